The molecular weight excluding hydrogens is 336 g/mol. The molecule has 2 aromatic carbocycles. The fraction of sp³-hybridized carbons (Fsp3) is 0.200. The molecule has 0 bridgehead atoms. The van der Waals surface area contributed by atoms with Crippen LogP contribution in [-0.4, -0.2) is 31.3 Å². The number of methoxy groups -OCH3 is 2. The lowest BCUT2D eigenvalue weighted by Gasteiger charge is -2.30. The van der Waals surface area contributed by atoms with Gasteiger partial charge in [-0.25, -0.2) is 9.59 Å². The molecule has 0 saturated heterocycles. The van der Waals surface area contributed by atoms with E-state index < -0.39 is 23.6 Å². The average molecular weight is 354 g/mol. The van der Waals surface area contributed by atoms with Gasteiger partial charge in [0.25, 0.3) is 0 Å². The van der Waals surface area contributed by atoms with E-state index in [0.717, 1.165) is 0 Å². The molecule has 6 nitrogen and oxygen atoms in total. The Morgan fingerprint density at radius 1 is 0.923 bits per heavy atom. The molecule has 0 aromatic heterocycles. The largest absolute Gasteiger partial charge is 0.474 e. The molecule has 26 heavy (non-hydrogen) atoms. The van der Waals surface area contributed by atoms with Crippen LogP contribution in [0.2, 0.25) is 0 Å². The van der Waals surface area contributed by atoms with Crippen molar-refractivity contribution >= 4 is 11.9 Å². The van der Waals surface area contributed by atoms with Gasteiger partial charge in [0.2, 0.25) is 5.76 Å². The summed E-state index contributed by atoms with van der Waals surface area (Å²) in [6.07, 6.45) is -1.02. The maximum absolute atomic E-state index is 12.5. The van der Waals surface area contributed by atoms with Gasteiger partial charge in [0, 0.05) is 0 Å². The van der Waals surface area contributed by atoms with Crippen LogP contribution in [-0.2, 0) is 29.4 Å². The van der Waals surface area contributed by atoms with Crippen LogP contribution >= 0.6 is 0 Å². The molecule has 2 atom stereocenters. The van der Waals surface area contributed by atoms with E-state index in [4.69, 9.17) is 14.2 Å². The molecule has 0 saturated carbocycles. The second-order valence-electron chi connectivity index (χ2n) is 5.73. The number of benzene rings is 2. The highest BCUT2D eigenvalue weighted by Crippen LogP contribution is 2.51. The van der Waals surface area contributed by atoms with E-state index in [9.17, 15) is 14.7 Å². The lowest BCUT2D eigenvalue weighted by Crippen LogP contribution is -2.36. The number of esters is 2. The Hall–Kier alpha value is -3.12. The van der Waals surface area contributed by atoms with Crippen LogP contribution in [0, 0.1) is 0 Å². The van der Waals surface area contributed by atoms with Gasteiger partial charge in [-0.3, -0.25) is 0 Å². The number of aliphatic hydroxyl groups is 1. The molecule has 1 aliphatic heterocycles. The minimum Gasteiger partial charge on any atom is -0.474 e. The van der Waals surface area contributed by atoms with E-state index >= 15 is 0 Å². The second kappa shape index (κ2) is 7.01. The van der Waals surface area contributed by atoms with Gasteiger partial charge in [-0.1, -0.05) is 60.7 Å². The predicted octanol–water partition coefficient (Wildman–Crippen LogP) is 2.25. The summed E-state index contributed by atoms with van der Waals surface area (Å²) in [6, 6.07) is 17.4. The maximum Gasteiger partial charge on any atom is 0.374 e. The minimum absolute atomic E-state index is 0.285. The smallest absolute Gasteiger partial charge is 0.374 e. The van der Waals surface area contributed by atoms with Crippen LogP contribution in [0.1, 0.15) is 17.2 Å². The Labute approximate surface area is 150 Å². The SMILES string of the molecule is COC(=O)C1=C(C(=O)OC)[C@@](O)(c2ccccc2)[C@H](c2ccccc2)O1. The molecule has 0 unspecified atom stereocenters. The molecule has 0 aliphatic carbocycles. The summed E-state index contributed by atoms with van der Waals surface area (Å²) >= 11 is 0. The van der Waals surface area contributed by atoms with Gasteiger partial charge >= 0.3 is 11.9 Å². The molecule has 1 aliphatic rings. The highest BCUT2D eigenvalue weighted by molar-refractivity contribution is 6.01. The summed E-state index contributed by atoms with van der Waals surface area (Å²) in [5.41, 5.74) is -1.21. The van der Waals surface area contributed by atoms with Gasteiger partial charge in [0.05, 0.1) is 14.2 Å². The highest BCUT2D eigenvalue weighted by atomic mass is 16.6. The number of carbonyl (C=O) groups is 2. The van der Waals surface area contributed by atoms with E-state index in [1.165, 1.54) is 14.2 Å². The normalized spacial score (nSPS) is 21.9. The van der Waals surface area contributed by atoms with Gasteiger partial charge in [-0.2, -0.15) is 0 Å². The summed E-state index contributed by atoms with van der Waals surface area (Å²) in [6.45, 7) is 0. The predicted molar refractivity (Wildman–Crippen MR) is 91.7 cm³/mol. The van der Waals surface area contributed by atoms with E-state index in [2.05, 4.69) is 0 Å². The zero-order valence-corrected chi connectivity index (χ0v) is 14.3. The standard InChI is InChI=1S/C20H18O6/c1-24-18(21)15-16(19(22)25-2)26-17(13-9-5-3-6-10-13)20(15,23)14-11-7-4-8-12-14/h3-12,17,23H,1-2H3/t17-,20-/m0/s1. The van der Waals surface area contributed by atoms with Crippen molar-refractivity contribution in [2.45, 2.75) is 11.7 Å². The van der Waals surface area contributed by atoms with Gasteiger partial charge in [0.1, 0.15) is 5.57 Å². The lowest BCUT2D eigenvalue weighted by atomic mass is 9.79. The summed E-state index contributed by atoms with van der Waals surface area (Å²) < 4.78 is 15.3. The van der Waals surface area contributed by atoms with E-state index in [-0.39, 0.29) is 11.3 Å². The molecule has 6 heteroatoms. The molecule has 0 amide bonds. The molecule has 3 rings (SSSR count). The van der Waals surface area contributed by atoms with Crippen molar-refractivity contribution in [2.75, 3.05) is 14.2 Å². The van der Waals surface area contributed by atoms with Crippen molar-refractivity contribution in [3.05, 3.63) is 83.1 Å². The number of hydrogen-bond acceptors (Lipinski definition) is 6. The van der Waals surface area contributed by atoms with Crippen molar-refractivity contribution in [3.8, 4) is 0 Å². The third-order valence-electron chi connectivity index (χ3n) is 4.30. The Kier molecular flexibility index (Phi) is 4.77. The first-order chi connectivity index (χ1) is 12.5. The Morgan fingerprint density at radius 3 is 2.00 bits per heavy atom. The molecule has 0 spiro atoms. The van der Waals surface area contributed by atoms with Gasteiger partial charge < -0.3 is 19.3 Å². The third-order valence-corrected chi connectivity index (χ3v) is 4.30. The second-order valence-corrected chi connectivity index (χ2v) is 5.73. The molecule has 2 aromatic rings. The summed E-state index contributed by atoms with van der Waals surface area (Å²) in [5, 5.41) is 11.7. The van der Waals surface area contributed by atoms with Crippen molar-refractivity contribution < 1.29 is 28.9 Å². The summed E-state index contributed by atoms with van der Waals surface area (Å²) in [5.74, 6) is -2.09. The van der Waals surface area contributed by atoms with Crippen molar-refractivity contribution in [1.29, 1.82) is 0 Å². The molecule has 0 fully saturated rings. The lowest BCUT2D eigenvalue weighted by molar-refractivity contribution is -0.142. The Balaban J connectivity index is 2.27. The van der Waals surface area contributed by atoms with Crippen LogP contribution in [0.5, 0.6) is 0 Å². The number of hydrogen-bond donors (Lipinski definition) is 1. The van der Waals surface area contributed by atoms with Crippen LogP contribution in [0.25, 0.3) is 0 Å². The monoisotopic (exact) mass is 354 g/mol. The van der Waals surface area contributed by atoms with Crippen molar-refractivity contribution in [1.82, 2.24) is 0 Å². The quantitative estimate of drug-likeness (QED) is 0.848. The zero-order valence-electron chi connectivity index (χ0n) is 14.3. The van der Waals surface area contributed by atoms with Crippen molar-refractivity contribution in [3.63, 3.8) is 0 Å². The van der Waals surface area contributed by atoms with Crippen LogP contribution in [0.3, 0.4) is 0 Å². The number of rotatable bonds is 4. The minimum atomic E-state index is -1.92. The number of carbonyl (C=O) groups excluding carboxylic acids is 2. The Morgan fingerprint density at radius 2 is 1.46 bits per heavy atom. The maximum atomic E-state index is 12.5. The fourth-order valence-corrected chi connectivity index (χ4v) is 3.08. The van der Waals surface area contributed by atoms with Crippen LogP contribution < -0.4 is 0 Å². The average Bonchev–Trinajstić information content (AvgIpc) is 3.02. The molecule has 1 heterocycles. The summed E-state index contributed by atoms with van der Waals surface area (Å²) in [4.78, 5) is 24.7. The topological polar surface area (TPSA) is 82.1 Å². The van der Waals surface area contributed by atoms with Crippen LogP contribution in [0.4, 0.5) is 0 Å². The van der Waals surface area contributed by atoms with Gasteiger partial charge in [-0.15, -0.1) is 0 Å². The molecular formula is C20H18O6. The molecule has 1 N–H and O–H groups in total. The zero-order chi connectivity index (χ0) is 18.7. The number of ether oxygens (including phenoxy) is 3. The van der Waals surface area contributed by atoms with Crippen LogP contribution in [0.15, 0.2) is 72.0 Å². The first-order valence-corrected chi connectivity index (χ1v) is 7.95. The van der Waals surface area contributed by atoms with Gasteiger partial charge in [0.15, 0.2) is 11.7 Å². The van der Waals surface area contributed by atoms with E-state index in [0.29, 0.717) is 11.1 Å². The fourth-order valence-electron chi connectivity index (χ4n) is 3.08. The van der Waals surface area contributed by atoms with E-state index in [1.54, 1.807) is 54.6 Å². The third kappa shape index (κ3) is 2.74. The highest BCUT2D eigenvalue weighted by Gasteiger charge is 2.56. The van der Waals surface area contributed by atoms with Crippen molar-refractivity contribution in [2.24, 2.45) is 0 Å². The first-order valence-electron chi connectivity index (χ1n) is 7.95. The Bertz CT molecular complexity index is 843. The van der Waals surface area contributed by atoms with E-state index in [1.807, 2.05) is 6.07 Å². The molecule has 134 valence electrons. The molecule has 0 radical (unpaired) electrons. The first kappa shape index (κ1) is 17.7. The van der Waals surface area contributed by atoms with Gasteiger partial charge in [-0.05, 0) is 11.1 Å². The summed E-state index contributed by atoms with van der Waals surface area (Å²) in [7, 11) is 2.34.